The molecule has 0 amide bonds. The Bertz CT molecular complexity index is 1250. The van der Waals surface area contributed by atoms with Gasteiger partial charge in [-0.2, -0.15) is 8.62 Å². The molecule has 194 valence electrons. The summed E-state index contributed by atoms with van der Waals surface area (Å²) < 4.78 is 53.6. The number of hydrogen-bond donors (Lipinski definition) is 5. The minimum atomic E-state index is -5.62. The van der Waals surface area contributed by atoms with Crippen LogP contribution in [0.3, 0.4) is 0 Å². The highest BCUT2D eigenvalue weighted by molar-refractivity contribution is 7.66. The fraction of sp³-hybridized carbons (Fsp3) is 0.474. The lowest BCUT2D eigenvalue weighted by Gasteiger charge is -2.19. The van der Waals surface area contributed by atoms with E-state index in [1.54, 1.807) is 0 Å². The van der Waals surface area contributed by atoms with Crippen molar-refractivity contribution in [1.82, 2.24) is 4.57 Å². The third-order valence-corrected chi connectivity index (χ3v) is 9.52. The zero-order valence-electron chi connectivity index (χ0n) is 18.3. The molecule has 0 bridgehead atoms. The van der Waals surface area contributed by atoms with Crippen LogP contribution in [0.15, 0.2) is 36.5 Å². The molecule has 1 aromatic heterocycles. The maximum atomic E-state index is 11.9. The molecule has 5 atom stereocenters. The van der Waals surface area contributed by atoms with E-state index in [4.69, 9.17) is 14.5 Å². The van der Waals surface area contributed by atoms with Gasteiger partial charge in [0.25, 0.3) is 0 Å². The zero-order valence-corrected chi connectivity index (χ0v) is 21.0. The molecule has 4 rings (SSSR count). The van der Waals surface area contributed by atoms with E-state index in [0.29, 0.717) is 0 Å². The third kappa shape index (κ3) is 6.99. The molecule has 2 unspecified atom stereocenters. The Morgan fingerprint density at radius 1 is 1.03 bits per heavy atom. The minimum absolute atomic E-state index is 0.140. The van der Waals surface area contributed by atoms with Gasteiger partial charge in [-0.3, -0.25) is 4.52 Å². The molecule has 35 heavy (non-hydrogen) atoms. The van der Waals surface area contributed by atoms with Gasteiger partial charge in [0.2, 0.25) is 0 Å². The van der Waals surface area contributed by atoms with Crippen LogP contribution in [0.2, 0.25) is 0 Å². The van der Waals surface area contributed by atoms with Gasteiger partial charge in [-0.1, -0.05) is 12.1 Å². The summed E-state index contributed by atoms with van der Waals surface area (Å²) in [7, 11) is -16.4. The van der Waals surface area contributed by atoms with Crippen LogP contribution in [0.5, 0.6) is 0 Å². The van der Waals surface area contributed by atoms with Gasteiger partial charge in [0.1, 0.15) is 12.3 Å². The zero-order chi connectivity index (χ0) is 25.4. The average Bonchev–Trinajstić information content (AvgIpc) is 3.33. The molecule has 13 nitrogen and oxygen atoms in total. The van der Waals surface area contributed by atoms with Crippen molar-refractivity contribution in [3.63, 3.8) is 0 Å². The minimum Gasteiger partial charge on any atom is -0.390 e. The molecule has 0 spiro atoms. The second-order valence-electron chi connectivity index (χ2n) is 8.29. The first-order valence-electron chi connectivity index (χ1n) is 10.7. The molecule has 2 aromatic rings. The number of rotatable bonds is 9. The number of aliphatic hydroxyl groups is 1. The number of phosphoric acid groups is 3. The number of hydrogen-bond acceptors (Lipinski definition) is 8. The molecule has 5 N–H and O–H groups in total. The van der Waals surface area contributed by atoms with E-state index in [1.807, 2.05) is 29.0 Å². The van der Waals surface area contributed by atoms with Crippen LogP contribution in [0.25, 0.3) is 16.5 Å². The second-order valence-corrected chi connectivity index (χ2v) is 12.7. The summed E-state index contributed by atoms with van der Waals surface area (Å²) in [4.78, 5) is 36.0. The number of nitrogens with zero attached hydrogens (tertiary/aromatic N) is 1. The summed E-state index contributed by atoms with van der Waals surface area (Å²) in [6.07, 6.45) is 5.90. The first-order valence-corrected chi connectivity index (χ1v) is 15.3. The highest BCUT2D eigenvalue weighted by Gasteiger charge is 2.42. The van der Waals surface area contributed by atoms with Crippen molar-refractivity contribution >= 4 is 39.9 Å². The Balaban J connectivity index is 1.40. The molecule has 0 saturated carbocycles. The topological polar surface area (TPSA) is 194 Å². The van der Waals surface area contributed by atoms with E-state index in [2.05, 4.69) is 25.3 Å². The van der Waals surface area contributed by atoms with E-state index in [9.17, 15) is 28.6 Å². The Morgan fingerprint density at radius 2 is 1.80 bits per heavy atom. The number of aliphatic hydroxyl groups excluding tert-OH is 1. The van der Waals surface area contributed by atoms with Gasteiger partial charge >= 0.3 is 23.5 Å². The van der Waals surface area contributed by atoms with Crippen LogP contribution in [0, 0.1) is 0 Å². The lowest BCUT2D eigenvalue weighted by atomic mass is 9.93. The highest BCUT2D eigenvalue weighted by atomic mass is 31.3. The van der Waals surface area contributed by atoms with Crippen molar-refractivity contribution in [2.75, 3.05) is 6.61 Å². The van der Waals surface area contributed by atoms with Gasteiger partial charge in [0.05, 0.1) is 18.2 Å². The molecule has 1 aliphatic heterocycles. The summed E-state index contributed by atoms with van der Waals surface area (Å²) in [6.45, 7) is -0.709. The molecular formula is C19H26NO12P3. The lowest BCUT2D eigenvalue weighted by molar-refractivity contribution is -0.0420. The predicted molar refractivity (Wildman–Crippen MR) is 123 cm³/mol. The van der Waals surface area contributed by atoms with Crippen molar-refractivity contribution in [3.05, 3.63) is 42.1 Å². The first kappa shape index (κ1) is 26.9. The molecule has 1 fully saturated rings. The van der Waals surface area contributed by atoms with Crippen LogP contribution in [0.4, 0.5) is 0 Å². The van der Waals surface area contributed by atoms with Crippen molar-refractivity contribution in [3.8, 4) is 0 Å². The fourth-order valence-corrected chi connectivity index (χ4v) is 7.25. The van der Waals surface area contributed by atoms with E-state index in [1.165, 1.54) is 18.4 Å². The molecule has 1 aromatic carbocycles. The molecule has 16 heteroatoms. The fourth-order valence-electron chi connectivity index (χ4n) is 4.22. The molecule has 2 heterocycles. The van der Waals surface area contributed by atoms with E-state index >= 15 is 0 Å². The van der Waals surface area contributed by atoms with E-state index in [0.717, 1.165) is 29.3 Å². The maximum absolute atomic E-state index is 11.9. The molecule has 2 aliphatic rings. The Labute approximate surface area is 200 Å². The number of benzene rings is 1. The molecule has 1 saturated heterocycles. The summed E-state index contributed by atoms with van der Waals surface area (Å²) in [5.41, 5.74) is 3.36. The highest BCUT2D eigenvalue weighted by Crippen LogP contribution is 2.66. The monoisotopic (exact) mass is 553 g/mol. The number of ether oxygens (including phenoxy) is 1. The standard InChI is InChI=1S/C19H26NO12P3/c21-17-11-19(30-18(17)12-29-34(25,26)32-35(27,28)31-33(22,23)24)20-9-8-15-10-14(6-7-16(15)20)13-4-2-1-3-5-13/h4,6-10,17-19,21H,1-3,5,11-12H2,(H,25,26)(H,27,28)(H2,22,23,24)/t17-,18+,19+/m0/s1. The molecule has 1 aliphatic carbocycles. The van der Waals surface area contributed by atoms with E-state index < -0.39 is 48.5 Å². The van der Waals surface area contributed by atoms with Crippen molar-refractivity contribution in [1.29, 1.82) is 0 Å². The van der Waals surface area contributed by atoms with Crippen LogP contribution in [-0.2, 0) is 31.6 Å². The summed E-state index contributed by atoms with van der Waals surface area (Å²) >= 11 is 0. The third-order valence-electron chi connectivity index (χ3n) is 5.71. The quantitative estimate of drug-likeness (QED) is 0.284. The molecular weight excluding hydrogens is 527 g/mol. The Morgan fingerprint density at radius 3 is 2.49 bits per heavy atom. The lowest BCUT2D eigenvalue weighted by Crippen LogP contribution is -2.26. The number of allylic oxidation sites excluding steroid dienone is 2. The van der Waals surface area contributed by atoms with Crippen molar-refractivity contribution in [2.24, 2.45) is 0 Å². The number of phosphoric ester groups is 1. The van der Waals surface area contributed by atoms with Crippen molar-refractivity contribution < 1.29 is 56.3 Å². The van der Waals surface area contributed by atoms with Crippen LogP contribution < -0.4 is 0 Å². The number of aromatic nitrogens is 1. The second kappa shape index (κ2) is 10.3. The summed E-state index contributed by atoms with van der Waals surface area (Å²) in [5.74, 6) is 0. The Hall–Kier alpha value is -1.17. The van der Waals surface area contributed by atoms with Gasteiger partial charge < -0.3 is 34.0 Å². The Kier molecular flexibility index (Phi) is 7.91. The van der Waals surface area contributed by atoms with Gasteiger partial charge in [0, 0.05) is 18.0 Å². The molecule has 0 radical (unpaired) electrons. The van der Waals surface area contributed by atoms with Gasteiger partial charge in [-0.05, 0) is 55.0 Å². The van der Waals surface area contributed by atoms with Crippen molar-refractivity contribution in [2.45, 2.75) is 50.5 Å². The van der Waals surface area contributed by atoms with Gasteiger partial charge in [-0.15, -0.1) is 0 Å². The summed E-state index contributed by atoms with van der Waals surface area (Å²) in [5, 5.41) is 11.3. The largest absolute Gasteiger partial charge is 0.490 e. The predicted octanol–water partition coefficient (Wildman–Crippen LogP) is 3.59. The van der Waals surface area contributed by atoms with Gasteiger partial charge in [0.15, 0.2) is 0 Å². The van der Waals surface area contributed by atoms with Crippen LogP contribution in [-0.4, -0.2) is 48.1 Å². The van der Waals surface area contributed by atoms with Gasteiger partial charge in [-0.25, -0.2) is 13.7 Å². The first-order chi connectivity index (χ1) is 16.3. The smallest absolute Gasteiger partial charge is 0.390 e. The normalized spacial score (nSPS) is 26.9. The SMILES string of the molecule is O=P(O)(O)OP(=O)(O)OP(=O)(O)OC[C@H]1O[C@@H](n2ccc3cc(C4=CCCCC4)ccc32)C[C@@H]1O. The average molecular weight is 553 g/mol. The van der Waals surface area contributed by atoms with Crippen LogP contribution >= 0.6 is 23.5 Å². The number of fused-ring (bicyclic) bond motifs is 1. The van der Waals surface area contributed by atoms with Crippen LogP contribution in [0.1, 0.15) is 43.9 Å². The van der Waals surface area contributed by atoms with E-state index in [-0.39, 0.29) is 6.42 Å². The summed E-state index contributed by atoms with van der Waals surface area (Å²) in [6, 6.07) is 8.03. The maximum Gasteiger partial charge on any atom is 0.490 e.